The zero-order valence-electron chi connectivity index (χ0n) is 15.4. The van der Waals surface area contributed by atoms with Gasteiger partial charge >= 0.3 is 0 Å². The highest BCUT2D eigenvalue weighted by atomic mass is 16.2. The van der Waals surface area contributed by atoms with Crippen LogP contribution in [0.1, 0.15) is 91.9 Å². The van der Waals surface area contributed by atoms with Crippen molar-refractivity contribution in [2.45, 2.75) is 91.9 Å². The Morgan fingerprint density at radius 1 is 0.818 bits per heavy atom. The van der Waals surface area contributed by atoms with Crippen molar-refractivity contribution < 1.29 is 4.79 Å². The Morgan fingerprint density at radius 2 is 1.36 bits per heavy atom. The molecular weight excluding hydrogens is 274 g/mol. The summed E-state index contributed by atoms with van der Waals surface area (Å²) in [6, 6.07) is 0. The number of amides is 1. The van der Waals surface area contributed by atoms with Crippen LogP contribution >= 0.6 is 0 Å². The van der Waals surface area contributed by atoms with Gasteiger partial charge in [-0.3, -0.25) is 4.79 Å². The number of hydrazine groups is 2. The second-order valence-corrected chi connectivity index (χ2v) is 6.15. The highest BCUT2D eigenvalue weighted by Crippen LogP contribution is 2.16. The summed E-state index contributed by atoms with van der Waals surface area (Å²) in [6.45, 7) is 10.4. The lowest BCUT2D eigenvalue weighted by Crippen LogP contribution is -2.54. The van der Waals surface area contributed by atoms with Gasteiger partial charge in [0.15, 0.2) is 0 Å². The van der Waals surface area contributed by atoms with E-state index in [2.05, 4.69) is 38.5 Å². The van der Waals surface area contributed by atoms with Crippen LogP contribution in [0, 0.1) is 5.92 Å². The minimum atomic E-state index is 0.139. The van der Waals surface area contributed by atoms with Gasteiger partial charge in [0.05, 0.1) is 0 Å². The molecule has 0 saturated heterocycles. The molecule has 2 N–H and O–H groups in total. The molecule has 0 rings (SSSR count). The molecule has 0 aromatic rings. The largest absolute Gasteiger partial charge is 0.272 e. The van der Waals surface area contributed by atoms with E-state index in [0.29, 0.717) is 0 Å². The van der Waals surface area contributed by atoms with E-state index in [1.165, 1.54) is 19.3 Å². The number of hydrogen-bond acceptors (Lipinski definition) is 3. The summed E-state index contributed by atoms with van der Waals surface area (Å²) >= 11 is 0. The monoisotopic (exact) mass is 313 g/mol. The third kappa shape index (κ3) is 10.2. The number of nitrogens with zero attached hydrogens (tertiary/aromatic N) is 1. The first-order chi connectivity index (χ1) is 10.7. The molecule has 1 amide bonds. The summed E-state index contributed by atoms with van der Waals surface area (Å²) in [5.74, 6) is 0.353. The molecule has 0 aliphatic rings. The van der Waals surface area contributed by atoms with E-state index in [0.717, 1.165) is 58.0 Å². The molecule has 0 fully saturated rings. The summed E-state index contributed by atoms with van der Waals surface area (Å²) < 4.78 is 0. The van der Waals surface area contributed by atoms with Gasteiger partial charge in [0.1, 0.15) is 0 Å². The van der Waals surface area contributed by atoms with Crippen molar-refractivity contribution in [2.24, 2.45) is 5.92 Å². The van der Waals surface area contributed by atoms with Crippen molar-refractivity contribution in [3.8, 4) is 0 Å². The average Bonchev–Trinajstić information content (AvgIpc) is 2.53. The Hall–Kier alpha value is -0.610. The van der Waals surface area contributed by atoms with Gasteiger partial charge in [-0.2, -0.15) is 0 Å². The fourth-order valence-electron chi connectivity index (χ4n) is 2.45. The Kier molecular flexibility index (Phi) is 14.9. The standard InChI is InChI=1S/C18H39N3O/c1-5-9-12-13-14-17(8-4)18(22)21(19-15-10-6-2)20-16-11-7-3/h17,19-20H,5-16H2,1-4H3. The van der Waals surface area contributed by atoms with E-state index < -0.39 is 0 Å². The van der Waals surface area contributed by atoms with Crippen LogP contribution < -0.4 is 10.9 Å². The van der Waals surface area contributed by atoms with E-state index in [-0.39, 0.29) is 11.8 Å². The van der Waals surface area contributed by atoms with Gasteiger partial charge in [-0.15, -0.1) is 0 Å². The molecule has 22 heavy (non-hydrogen) atoms. The van der Waals surface area contributed by atoms with Crippen LogP contribution in [0.15, 0.2) is 0 Å². The first-order valence-corrected chi connectivity index (χ1v) is 9.52. The summed E-state index contributed by atoms with van der Waals surface area (Å²) in [6.07, 6.45) is 11.3. The van der Waals surface area contributed by atoms with Crippen LogP contribution in [0.2, 0.25) is 0 Å². The molecule has 1 unspecified atom stereocenters. The van der Waals surface area contributed by atoms with Crippen molar-refractivity contribution in [2.75, 3.05) is 13.1 Å². The summed E-state index contributed by atoms with van der Waals surface area (Å²) in [7, 11) is 0. The van der Waals surface area contributed by atoms with E-state index in [1.54, 1.807) is 5.12 Å². The topological polar surface area (TPSA) is 44.4 Å². The number of carbonyl (C=O) groups is 1. The van der Waals surface area contributed by atoms with E-state index in [4.69, 9.17) is 0 Å². The smallest absolute Gasteiger partial charge is 0.254 e. The predicted octanol–water partition coefficient (Wildman–Crippen LogP) is 4.42. The maximum atomic E-state index is 12.7. The van der Waals surface area contributed by atoms with Crippen molar-refractivity contribution in [3.05, 3.63) is 0 Å². The molecule has 0 saturated carbocycles. The van der Waals surface area contributed by atoms with Gasteiger partial charge in [-0.05, 0) is 25.7 Å². The Balaban J connectivity index is 4.37. The molecule has 1 atom stereocenters. The quantitative estimate of drug-likeness (QED) is 0.347. The third-order valence-corrected chi connectivity index (χ3v) is 4.07. The molecule has 0 spiro atoms. The maximum absolute atomic E-state index is 12.7. The summed E-state index contributed by atoms with van der Waals surface area (Å²) in [4.78, 5) is 12.7. The van der Waals surface area contributed by atoms with Gasteiger partial charge in [0, 0.05) is 19.0 Å². The molecule has 0 radical (unpaired) electrons. The zero-order chi connectivity index (χ0) is 16.6. The molecule has 4 heteroatoms. The maximum Gasteiger partial charge on any atom is 0.254 e. The molecule has 132 valence electrons. The fraction of sp³-hybridized carbons (Fsp3) is 0.944. The second kappa shape index (κ2) is 15.3. The molecule has 0 aromatic carbocycles. The SMILES string of the molecule is CCCCCCC(CC)C(=O)N(NCCCC)NCCCC. The normalized spacial score (nSPS) is 12.4. The zero-order valence-corrected chi connectivity index (χ0v) is 15.4. The fourth-order valence-corrected chi connectivity index (χ4v) is 2.45. The number of carbonyl (C=O) groups excluding carboxylic acids is 1. The van der Waals surface area contributed by atoms with E-state index in [9.17, 15) is 4.79 Å². The second-order valence-electron chi connectivity index (χ2n) is 6.15. The van der Waals surface area contributed by atoms with Crippen molar-refractivity contribution >= 4 is 5.91 Å². The minimum Gasteiger partial charge on any atom is -0.272 e. The highest BCUT2D eigenvalue weighted by Gasteiger charge is 2.22. The van der Waals surface area contributed by atoms with Crippen LogP contribution in [-0.4, -0.2) is 24.1 Å². The van der Waals surface area contributed by atoms with E-state index >= 15 is 0 Å². The van der Waals surface area contributed by atoms with Crippen LogP contribution in [-0.2, 0) is 4.79 Å². The molecule has 0 bridgehead atoms. The van der Waals surface area contributed by atoms with Crippen molar-refractivity contribution in [1.29, 1.82) is 0 Å². The lowest BCUT2D eigenvalue weighted by atomic mass is 9.97. The predicted molar refractivity (Wildman–Crippen MR) is 95.2 cm³/mol. The molecular formula is C18H39N3O. The number of rotatable bonds is 15. The Labute approximate surface area is 138 Å². The minimum absolute atomic E-state index is 0.139. The molecule has 0 aliphatic heterocycles. The molecule has 0 aliphatic carbocycles. The summed E-state index contributed by atoms with van der Waals surface area (Å²) in [5, 5.41) is 1.68. The van der Waals surface area contributed by atoms with E-state index in [1.807, 2.05) is 0 Å². The van der Waals surface area contributed by atoms with Crippen LogP contribution in [0.25, 0.3) is 0 Å². The molecule has 4 nitrogen and oxygen atoms in total. The molecule has 0 aromatic heterocycles. The average molecular weight is 314 g/mol. The number of unbranched alkanes of at least 4 members (excludes halogenated alkanes) is 5. The third-order valence-electron chi connectivity index (χ3n) is 4.07. The lowest BCUT2D eigenvalue weighted by Gasteiger charge is -2.28. The molecule has 0 heterocycles. The Bertz CT molecular complexity index is 249. The van der Waals surface area contributed by atoms with Crippen LogP contribution in [0.4, 0.5) is 0 Å². The first-order valence-electron chi connectivity index (χ1n) is 9.52. The van der Waals surface area contributed by atoms with Crippen LogP contribution in [0.5, 0.6) is 0 Å². The van der Waals surface area contributed by atoms with Crippen molar-refractivity contribution in [1.82, 2.24) is 16.0 Å². The lowest BCUT2D eigenvalue weighted by molar-refractivity contribution is -0.143. The van der Waals surface area contributed by atoms with Gasteiger partial charge in [-0.25, -0.2) is 16.0 Å². The summed E-state index contributed by atoms with van der Waals surface area (Å²) in [5.41, 5.74) is 6.54. The van der Waals surface area contributed by atoms with Gasteiger partial charge in [0.25, 0.3) is 5.91 Å². The van der Waals surface area contributed by atoms with Gasteiger partial charge < -0.3 is 0 Å². The van der Waals surface area contributed by atoms with Gasteiger partial charge in [0.2, 0.25) is 0 Å². The van der Waals surface area contributed by atoms with Crippen LogP contribution in [0.3, 0.4) is 0 Å². The number of hydrogen-bond donors (Lipinski definition) is 2. The van der Waals surface area contributed by atoms with Gasteiger partial charge in [-0.1, -0.05) is 66.2 Å². The van der Waals surface area contributed by atoms with Crippen molar-refractivity contribution in [3.63, 3.8) is 0 Å². The number of nitrogens with one attached hydrogen (secondary N) is 2. The Morgan fingerprint density at radius 3 is 1.82 bits per heavy atom. The first kappa shape index (κ1) is 21.4. The highest BCUT2D eigenvalue weighted by molar-refractivity contribution is 5.77.